The van der Waals surface area contributed by atoms with Crippen LogP contribution in [0.5, 0.6) is 5.75 Å². The van der Waals surface area contributed by atoms with Crippen LogP contribution in [0.3, 0.4) is 0 Å². The number of fused-ring (bicyclic) bond motifs is 1. The van der Waals surface area contributed by atoms with Gasteiger partial charge in [-0.15, -0.1) is 0 Å². The fourth-order valence-corrected chi connectivity index (χ4v) is 4.01. The highest BCUT2D eigenvalue weighted by Crippen LogP contribution is 2.27. The average Bonchev–Trinajstić information content (AvgIpc) is 3.33. The number of ether oxygens (including phenoxy) is 1. The Hall–Kier alpha value is -4.45. The second kappa shape index (κ2) is 9.58. The first kappa shape index (κ1) is 21.4. The molecule has 0 atom stereocenters. The molecule has 2 heterocycles. The van der Waals surface area contributed by atoms with E-state index in [1.807, 2.05) is 91.0 Å². The molecule has 168 valence electrons. The van der Waals surface area contributed by atoms with E-state index in [0.29, 0.717) is 24.2 Å². The molecule has 3 aromatic carbocycles. The summed E-state index contributed by atoms with van der Waals surface area (Å²) in [5.41, 5.74) is 5.64. The zero-order valence-corrected chi connectivity index (χ0v) is 18.8. The lowest BCUT2D eigenvalue weighted by atomic mass is 10.1. The normalized spacial score (nSPS) is 10.9. The zero-order chi connectivity index (χ0) is 23.3. The minimum absolute atomic E-state index is 0.207. The number of benzene rings is 3. The third kappa shape index (κ3) is 4.26. The third-order valence-electron chi connectivity index (χ3n) is 5.73. The summed E-state index contributed by atoms with van der Waals surface area (Å²) in [5, 5.41) is 7.53. The van der Waals surface area contributed by atoms with Gasteiger partial charge in [0.05, 0.1) is 24.7 Å². The second-order valence-electron chi connectivity index (χ2n) is 7.87. The van der Waals surface area contributed by atoms with E-state index in [0.717, 1.165) is 33.8 Å². The van der Waals surface area contributed by atoms with Crippen molar-refractivity contribution in [2.45, 2.75) is 6.42 Å². The lowest BCUT2D eigenvalue weighted by molar-refractivity contribution is 0.0955. The predicted octanol–water partition coefficient (Wildman–Crippen LogP) is 5.04. The van der Waals surface area contributed by atoms with E-state index < -0.39 is 0 Å². The first-order valence-corrected chi connectivity index (χ1v) is 11.1. The molecule has 2 aromatic heterocycles. The van der Waals surface area contributed by atoms with Gasteiger partial charge in [-0.3, -0.25) is 4.79 Å². The SMILES string of the molecule is COc1ccccc1CCNC(=O)c1cnn2c(-c3ccccc3)cc(-c3ccccc3)nc12. The number of carbonyl (C=O) groups is 1. The van der Waals surface area contributed by atoms with Crippen LogP contribution >= 0.6 is 0 Å². The van der Waals surface area contributed by atoms with Crippen LogP contribution < -0.4 is 10.1 Å². The molecule has 0 fully saturated rings. The van der Waals surface area contributed by atoms with Gasteiger partial charge >= 0.3 is 0 Å². The van der Waals surface area contributed by atoms with E-state index in [1.54, 1.807) is 17.8 Å². The van der Waals surface area contributed by atoms with Crippen molar-refractivity contribution in [1.82, 2.24) is 19.9 Å². The summed E-state index contributed by atoms with van der Waals surface area (Å²) < 4.78 is 7.14. The fourth-order valence-electron chi connectivity index (χ4n) is 4.01. The predicted molar refractivity (Wildman–Crippen MR) is 133 cm³/mol. The molecular weight excluding hydrogens is 424 g/mol. The fraction of sp³-hybridized carbons (Fsp3) is 0.107. The van der Waals surface area contributed by atoms with Crippen molar-refractivity contribution >= 4 is 11.6 Å². The van der Waals surface area contributed by atoms with E-state index in [-0.39, 0.29) is 5.91 Å². The molecule has 0 saturated carbocycles. The van der Waals surface area contributed by atoms with Crippen molar-refractivity contribution in [3.05, 3.63) is 108 Å². The van der Waals surface area contributed by atoms with E-state index in [1.165, 1.54) is 0 Å². The number of carbonyl (C=O) groups excluding carboxylic acids is 1. The Labute approximate surface area is 197 Å². The Morgan fingerprint density at radius 3 is 2.32 bits per heavy atom. The number of rotatable bonds is 7. The molecule has 0 unspecified atom stereocenters. The summed E-state index contributed by atoms with van der Waals surface area (Å²) in [6, 6.07) is 29.8. The van der Waals surface area contributed by atoms with Crippen molar-refractivity contribution in [2.75, 3.05) is 13.7 Å². The first-order valence-electron chi connectivity index (χ1n) is 11.1. The molecule has 5 rings (SSSR count). The molecule has 0 saturated heterocycles. The standard InChI is InChI=1S/C28H24N4O2/c1-34-26-15-9-8-14-22(26)16-17-29-28(33)23-19-30-32-25(21-12-6-3-7-13-21)18-24(31-27(23)32)20-10-4-2-5-11-20/h2-15,18-19H,16-17H2,1H3,(H,29,33). The summed E-state index contributed by atoms with van der Waals surface area (Å²) in [6.07, 6.45) is 2.24. The third-order valence-corrected chi connectivity index (χ3v) is 5.73. The molecular formula is C28H24N4O2. The molecule has 1 N–H and O–H groups in total. The second-order valence-corrected chi connectivity index (χ2v) is 7.87. The van der Waals surface area contributed by atoms with Gasteiger partial charge in [0, 0.05) is 17.7 Å². The van der Waals surface area contributed by atoms with Crippen molar-refractivity contribution in [2.24, 2.45) is 0 Å². The van der Waals surface area contributed by atoms with Crippen LogP contribution in [0.4, 0.5) is 0 Å². The number of para-hydroxylation sites is 1. The van der Waals surface area contributed by atoms with E-state index in [9.17, 15) is 4.79 Å². The highest BCUT2D eigenvalue weighted by Gasteiger charge is 2.18. The largest absolute Gasteiger partial charge is 0.496 e. The smallest absolute Gasteiger partial charge is 0.256 e. The van der Waals surface area contributed by atoms with Crippen LogP contribution in [-0.2, 0) is 6.42 Å². The van der Waals surface area contributed by atoms with Gasteiger partial charge in [0.1, 0.15) is 11.3 Å². The monoisotopic (exact) mass is 448 g/mol. The summed E-state index contributed by atoms with van der Waals surface area (Å²) in [4.78, 5) is 18.0. The summed E-state index contributed by atoms with van der Waals surface area (Å²) in [6.45, 7) is 0.473. The number of hydrogen-bond acceptors (Lipinski definition) is 4. The van der Waals surface area contributed by atoms with E-state index in [4.69, 9.17) is 9.72 Å². The Bertz CT molecular complexity index is 1430. The Balaban J connectivity index is 1.49. The molecule has 0 spiro atoms. The maximum Gasteiger partial charge on any atom is 0.256 e. The van der Waals surface area contributed by atoms with Crippen LogP contribution in [-0.4, -0.2) is 34.2 Å². The molecule has 5 aromatic rings. The number of nitrogens with one attached hydrogen (secondary N) is 1. The number of hydrogen-bond donors (Lipinski definition) is 1. The topological polar surface area (TPSA) is 68.5 Å². The zero-order valence-electron chi connectivity index (χ0n) is 18.8. The molecule has 34 heavy (non-hydrogen) atoms. The van der Waals surface area contributed by atoms with Gasteiger partial charge in [-0.25, -0.2) is 9.50 Å². The van der Waals surface area contributed by atoms with Crippen LogP contribution in [0, 0.1) is 0 Å². The molecule has 0 aliphatic carbocycles. The highest BCUT2D eigenvalue weighted by atomic mass is 16.5. The molecule has 0 aliphatic heterocycles. The number of amides is 1. The van der Waals surface area contributed by atoms with Gasteiger partial charge in [-0.05, 0) is 24.1 Å². The van der Waals surface area contributed by atoms with Gasteiger partial charge in [0.15, 0.2) is 5.65 Å². The van der Waals surface area contributed by atoms with Crippen LogP contribution in [0.2, 0.25) is 0 Å². The average molecular weight is 449 g/mol. The Morgan fingerprint density at radius 1 is 0.912 bits per heavy atom. The quantitative estimate of drug-likeness (QED) is 0.379. The maximum atomic E-state index is 13.1. The van der Waals surface area contributed by atoms with E-state index >= 15 is 0 Å². The van der Waals surface area contributed by atoms with Crippen LogP contribution in [0.15, 0.2) is 97.2 Å². The molecule has 6 nitrogen and oxygen atoms in total. The minimum Gasteiger partial charge on any atom is -0.496 e. The highest BCUT2D eigenvalue weighted by molar-refractivity contribution is 6.00. The Morgan fingerprint density at radius 2 is 1.59 bits per heavy atom. The van der Waals surface area contributed by atoms with Crippen LogP contribution in [0.25, 0.3) is 28.2 Å². The van der Waals surface area contributed by atoms with Crippen molar-refractivity contribution in [3.8, 4) is 28.3 Å². The lowest BCUT2D eigenvalue weighted by Gasteiger charge is -2.10. The van der Waals surface area contributed by atoms with Gasteiger partial charge in [0.25, 0.3) is 5.91 Å². The number of methoxy groups -OCH3 is 1. The number of aromatic nitrogens is 3. The van der Waals surface area contributed by atoms with Crippen molar-refractivity contribution in [3.63, 3.8) is 0 Å². The summed E-state index contributed by atoms with van der Waals surface area (Å²) >= 11 is 0. The van der Waals surface area contributed by atoms with Gasteiger partial charge in [-0.1, -0.05) is 78.9 Å². The van der Waals surface area contributed by atoms with Crippen LogP contribution in [0.1, 0.15) is 15.9 Å². The van der Waals surface area contributed by atoms with E-state index in [2.05, 4.69) is 10.4 Å². The lowest BCUT2D eigenvalue weighted by Crippen LogP contribution is -2.25. The Kier molecular flexibility index (Phi) is 6.03. The minimum atomic E-state index is -0.207. The molecule has 0 aliphatic rings. The first-order chi connectivity index (χ1) is 16.7. The van der Waals surface area contributed by atoms with Gasteiger partial charge < -0.3 is 10.1 Å². The molecule has 0 bridgehead atoms. The molecule has 6 heteroatoms. The van der Waals surface area contributed by atoms with Crippen molar-refractivity contribution < 1.29 is 9.53 Å². The van der Waals surface area contributed by atoms with Gasteiger partial charge in [0.2, 0.25) is 0 Å². The molecule has 0 radical (unpaired) electrons. The molecule has 1 amide bonds. The summed E-state index contributed by atoms with van der Waals surface area (Å²) in [7, 11) is 1.65. The van der Waals surface area contributed by atoms with Crippen molar-refractivity contribution in [1.29, 1.82) is 0 Å². The number of nitrogens with zero attached hydrogens (tertiary/aromatic N) is 3. The van der Waals surface area contributed by atoms with Gasteiger partial charge in [-0.2, -0.15) is 5.10 Å². The summed E-state index contributed by atoms with van der Waals surface area (Å²) in [5.74, 6) is 0.607. The maximum absolute atomic E-state index is 13.1.